The predicted molar refractivity (Wildman–Crippen MR) is 62.6 cm³/mol. The van der Waals surface area contributed by atoms with E-state index in [-0.39, 0.29) is 0 Å². The third kappa shape index (κ3) is 2.36. The number of hydrogen-bond donors (Lipinski definition) is 1. The van der Waals surface area contributed by atoms with Crippen LogP contribution in [0.4, 0.5) is 0 Å². The van der Waals surface area contributed by atoms with Crippen molar-refractivity contribution in [2.45, 2.75) is 33.9 Å². The average Bonchev–Trinajstić information content (AvgIpc) is 2.79. The smallest absolute Gasteiger partial charge is 0.237 e. The van der Waals surface area contributed by atoms with E-state index in [4.69, 9.17) is 4.42 Å². The summed E-state index contributed by atoms with van der Waals surface area (Å²) in [6, 6.07) is 0. The number of rotatable bonds is 4. The molecule has 0 aliphatic carbocycles. The highest BCUT2D eigenvalue weighted by atomic mass is 16.4. The molecule has 2 aromatic rings. The number of nitrogens with zero attached hydrogens (tertiary/aromatic N) is 4. The van der Waals surface area contributed by atoms with Gasteiger partial charge in [-0.05, 0) is 20.9 Å². The summed E-state index contributed by atoms with van der Waals surface area (Å²) in [5, 5.41) is 15.4. The summed E-state index contributed by atoms with van der Waals surface area (Å²) in [7, 11) is 1.93. The molecule has 2 aromatic heterocycles. The minimum Gasteiger partial charge on any atom is -0.424 e. The van der Waals surface area contributed by atoms with Crippen LogP contribution in [0.25, 0.3) is 0 Å². The minimum atomic E-state index is 0.525. The number of aryl methyl sites for hydroxylation is 2. The maximum atomic E-state index is 5.35. The van der Waals surface area contributed by atoms with E-state index in [2.05, 4.69) is 27.5 Å². The highest BCUT2D eigenvalue weighted by Crippen LogP contribution is 2.14. The molecule has 0 aromatic carbocycles. The zero-order valence-electron chi connectivity index (χ0n) is 10.6. The van der Waals surface area contributed by atoms with Crippen LogP contribution >= 0.6 is 0 Å². The molecule has 17 heavy (non-hydrogen) atoms. The fraction of sp³-hybridized carbons (Fsp3) is 0.545. The summed E-state index contributed by atoms with van der Waals surface area (Å²) in [5.74, 6) is 1.17. The van der Waals surface area contributed by atoms with Gasteiger partial charge in [-0.25, -0.2) is 0 Å². The molecule has 0 atom stereocenters. The molecule has 0 unspecified atom stereocenters. The highest BCUT2D eigenvalue weighted by molar-refractivity contribution is 5.24. The largest absolute Gasteiger partial charge is 0.424 e. The fourth-order valence-electron chi connectivity index (χ4n) is 1.85. The van der Waals surface area contributed by atoms with E-state index >= 15 is 0 Å². The predicted octanol–water partition coefficient (Wildman–Crippen LogP) is 0.959. The molecular weight excluding hydrogens is 218 g/mol. The van der Waals surface area contributed by atoms with Gasteiger partial charge in [-0.15, -0.1) is 10.2 Å². The van der Waals surface area contributed by atoms with E-state index in [1.165, 1.54) is 5.56 Å². The lowest BCUT2D eigenvalue weighted by molar-refractivity contribution is 0.441. The molecule has 0 aliphatic heterocycles. The lowest BCUT2D eigenvalue weighted by Gasteiger charge is -2.02. The minimum absolute atomic E-state index is 0.525. The topological polar surface area (TPSA) is 68.8 Å². The van der Waals surface area contributed by atoms with Crippen LogP contribution in [0.5, 0.6) is 0 Å². The number of aromatic nitrogens is 4. The van der Waals surface area contributed by atoms with E-state index in [0.29, 0.717) is 18.3 Å². The van der Waals surface area contributed by atoms with Gasteiger partial charge in [0.05, 0.1) is 5.69 Å². The van der Waals surface area contributed by atoms with Crippen molar-refractivity contribution < 1.29 is 4.42 Å². The molecule has 92 valence electrons. The molecule has 0 radical (unpaired) electrons. The van der Waals surface area contributed by atoms with Gasteiger partial charge in [0.1, 0.15) is 6.54 Å². The molecule has 0 amide bonds. The Kier molecular flexibility index (Phi) is 3.23. The molecular formula is C11H17N5O. The quantitative estimate of drug-likeness (QED) is 0.854. The number of nitrogens with one attached hydrogen (secondary N) is 1. The van der Waals surface area contributed by atoms with Crippen LogP contribution < -0.4 is 5.32 Å². The Bertz CT molecular complexity index is 514. The third-order valence-electron chi connectivity index (χ3n) is 2.74. The van der Waals surface area contributed by atoms with E-state index < -0.39 is 0 Å². The monoisotopic (exact) mass is 235 g/mol. The first kappa shape index (κ1) is 11.8. The van der Waals surface area contributed by atoms with Gasteiger partial charge >= 0.3 is 0 Å². The maximum Gasteiger partial charge on any atom is 0.237 e. The van der Waals surface area contributed by atoms with Gasteiger partial charge in [-0.1, -0.05) is 0 Å². The summed E-state index contributed by atoms with van der Waals surface area (Å²) < 4.78 is 7.25. The molecule has 0 aliphatic rings. The molecule has 0 saturated carbocycles. The van der Waals surface area contributed by atoms with E-state index in [9.17, 15) is 0 Å². The third-order valence-corrected chi connectivity index (χ3v) is 2.74. The molecule has 2 heterocycles. The van der Waals surface area contributed by atoms with Crippen molar-refractivity contribution in [2.24, 2.45) is 0 Å². The standard InChI is InChI=1S/C11H17N5O/c1-7-10(5-12-4)8(2)16(15-7)6-11-14-13-9(3)17-11/h12H,5-6H2,1-4H3. The zero-order valence-corrected chi connectivity index (χ0v) is 10.6. The normalized spacial score (nSPS) is 11.1. The van der Waals surface area contributed by atoms with Gasteiger partial charge in [0.25, 0.3) is 0 Å². The van der Waals surface area contributed by atoms with E-state index in [0.717, 1.165) is 17.9 Å². The Morgan fingerprint density at radius 1 is 1.24 bits per heavy atom. The van der Waals surface area contributed by atoms with Crippen molar-refractivity contribution in [3.8, 4) is 0 Å². The van der Waals surface area contributed by atoms with Crippen LogP contribution in [0.2, 0.25) is 0 Å². The first-order chi connectivity index (χ1) is 8.11. The van der Waals surface area contributed by atoms with Crippen LogP contribution in [0.15, 0.2) is 4.42 Å². The Hall–Kier alpha value is -1.69. The van der Waals surface area contributed by atoms with Gasteiger partial charge < -0.3 is 9.73 Å². The number of hydrogen-bond acceptors (Lipinski definition) is 5. The molecule has 0 fully saturated rings. The summed E-state index contributed by atoms with van der Waals surface area (Å²) in [6.07, 6.45) is 0. The summed E-state index contributed by atoms with van der Waals surface area (Å²) in [6.45, 7) is 7.19. The van der Waals surface area contributed by atoms with Crippen LogP contribution in [0.3, 0.4) is 0 Å². The Labute approximate surface area is 100 Å². The molecule has 2 rings (SSSR count). The van der Waals surface area contributed by atoms with Crippen molar-refractivity contribution in [2.75, 3.05) is 7.05 Å². The van der Waals surface area contributed by atoms with Crippen molar-refractivity contribution in [3.63, 3.8) is 0 Å². The molecule has 6 heteroatoms. The van der Waals surface area contributed by atoms with Crippen LogP contribution in [-0.4, -0.2) is 27.0 Å². The van der Waals surface area contributed by atoms with E-state index in [1.807, 2.05) is 18.7 Å². The lowest BCUT2D eigenvalue weighted by atomic mass is 10.2. The zero-order chi connectivity index (χ0) is 12.4. The van der Waals surface area contributed by atoms with Gasteiger partial charge in [0, 0.05) is 24.7 Å². The Balaban J connectivity index is 2.24. The first-order valence-corrected chi connectivity index (χ1v) is 5.58. The van der Waals surface area contributed by atoms with Gasteiger partial charge in [-0.2, -0.15) is 5.10 Å². The first-order valence-electron chi connectivity index (χ1n) is 5.58. The second kappa shape index (κ2) is 4.67. The maximum absolute atomic E-state index is 5.35. The van der Waals surface area contributed by atoms with Crippen molar-refractivity contribution in [1.29, 1.82) is 0 Å². The van der Waals surface area contributed by atoms with Crippen molar-refractivity contribution in [3.05, 3.63) is 28.7 Å². The van der Waals surface area contributed by atoms with Gasteiger partial charge in [0.2, 0.25) is 11.8 Å². The molecule has 6 nitrogen and oxygen atoms in total. The van der Waals surface area contributed by atoms with Crippen molar-refractivity contribution >= 4 is 0 Å². The second-order valence-electron chi connectivity index (χ2n) is 4.05. The molecule has 0 spiro atoms. The lowest BCUT2D eigenvalue weighted by Crippen LogP contribution is -2.08. The summed E-state index contributed by atoms with van der Waals surface area (Å²) >= 11 is 0. The molecule has 0 saturated heterocycles. The summed E-state index contributed by atoms with van der Waals surface area (Å²) in [4.78, 5) is 0. The Morgan fingerprint density at radius 3 is 2.59 bits per heavy atom. The Morgan fingerprint density at radius 2 is 2.00 bits per heavy atom. The average molecular weight is 235 g/mol. The second-order valence-corrected chi connectivity index (χ2v) is 4.05. The highest BCUT2D eigenvalue weighted by Gasteiger charge is 2.12. The SMILES string of the molecule is CNCc1c(C)nn(Cc2nnc(C)o2)c1C. The molecule has 0 bridgehead atoms. The summed E-state index contributed by atoms with van der Waals surface area (Å²) in [5.41, 5.74) is 3.39. The fourth-order valence-corrected chi connectivity index (χ4v) is 1.85. The van der Waals surface area contributed by atoms with Crippen LogP contribution in [0.1, 0.15) is 28.7 Å². The van der Waals surface area contributed by atoms with E-state index in [1.54, 1.807) is 6.92 Å². The van der Waals surface area contributed by atoms with Gasteiger partial charge in [-0.3, -0.25) is 4.68 Å². The van der Waals surface area contributed by atoms with Gasteiger partial charge in [0.15, 0.2) is 0 Å². The van der Waals surface area contributed by atoms with Crippen LogP contribution in [0, 0.1) is 20.8 Å². The van der Waals surface area contributed by atoms with Crippen LogP contribution in [-0.2, 0) is 13.1 Å². The molecule has 1 N–H and O–H groups in total. The van der Waals surface area contributed by atoms with Crippen molar-refractivity contribution in [1.82, 2.24) is 25.3 Å².